The van der Waals surface area contributed by atoms with Crippen LogP contribution in [0, 0.1) is 5.92 Å². The van der Waals surface area contributed by atoms with E-state index in [1.807, 2.05) is 11.9 Å². The van der Waals surface area contributed by atoms with Crippen LogP contribution in [-0.2, 0) is 9.53 Å². The zero-order valence-electron chi connectivity index (χ0n) is 9.37. The Morgan fingerprint density at radius 3 is 3.20 bits per heavy atom. The molecule has 1 amide bonds. The molecule has 4 nitrogen and oxygen atoms in total. The van der Waals surface area contributed by atoms with Crippen LogP contribution in [0.25, 0.3) is 0 Å². The summed E-state index contributed by atoms with van der Waals surface area (Å²) in [6, 6.07) is 0. The van der Waals surface area contributed by atoms with Gasteiger partial charge >= 0.3 is 0 Å². The molecule has 1 saturated heterocycles. The van der Waals surface area contributed by atoms with Crippen molar-refractivity contribution in [3.8, 4) is 0 Å². The van der Waals surface area contributed by atoms with Crippen molar-refractivity contribution in [2.75, 3.05) is 33.5 Å². The van der Waals surface area contributed by atoms with E-state index >= 15 is 0 Å². The monoisotopic (exact) mass is 212 g/mol. The summed E-state index contributed by atoms with van der Waals surface area (Å²) in [4.78, 5) is 13.2. The standard InChI is InChI=1S/C11H20N2O2/c1-3-11(14)13-6-4-5-10(7-13)8-15-9-12-2/h3,10,12H,1,4-9H2,2H3/t10-/m1/s1. The van der Waals surface area contributed by atoms with Gasteiger partial charge in [0.05, 0.1) is 13.3 Å². The number of piperidine rings is 1. The van der Waals surface area contributed by atoms with Crippen LogP contribution < -0.4 is 5.32 Å². The number of nitrogens with zero attached hydrogens (tertiary/aromatic N) is 1. The van der Waals surface area contributed by atoms with Gasteiger partial charge in [-0.2, -0.15) is 0 Å². The quantitative estimate of drug-likeness (QED) is 0.412. The molecule has 1 rings (SSSR count). The predicted molar refractivity (Wildman–Crippen MR) is 59.4 cm³/mol. The zero-order chi connectivity index (χ0) is 11.1. The van der Waals surface area contributed by atoms with E-state index in [1.165, 1.54) is 6.08 Å². The van der Waals surface area contributed by atoms with Crippen LogP contribution >= 0.6 is 0 Å². The van der Waals surface area contributed by atoms with Gasteiger partial charge < -0.3 is 9.64 Å². The topological polar surface area (TPSA) is 41.6 Å². The van der Waals surface area contributed by atoms with Crippen molar-refractivity contribution in [1.29, 1.82) is 0 Å². The van der Waals surface area contributed by atoms with Crippen molar-refractivity contribution >= 4 is 5.91 Å². The normalized spacial score (nSPS) is 21.4. The van der Waals surface area contributed by atoms with Gasteiger partial charge in [0.25, 0.3) is 0 Å². The number of carbonyl (C=O) groups excluding carboxylic acids is 1. The highest BCUT2D eigenvalue weighted by Crippen LogP contribution is 2.16. The number of carbonyl (C=O) groups is 1. The molecule has 0 unspecified atom stereocenters. The maximum Gasteiger partial charge on any atom is 0.245 e. The van der Waals surface area contributed by atoms with Crippen molar-refractivity contribution in [2.45, 2.75) is 12.8 Å². The van der Waals surface area contributed by atoms with Gasteiger partial charge in [0.1, 0.15) is 0 Å². The number of rotatable bonds is 5. The van der Waals surface area contributed by atoms with Gasteiger partial charge in [-0.15, -0.1) is 0 Å². The first-order valence-corrected chi connectivity index (χ1v) is 5.41. The van der Waals surface area contributed by atoms with Gasteiger partial charge in [-0.25, -0.2) is 0 Å². The third-order valence-electron chi connectivity index (χ3n) is 2.61. The Balaban J connectivity index is 2.28. The van der Waals surface area contributed by atoms with E-state index in [0.29, 0.717) is 12.6 Å². The summed E-state index contributed by atoms with van der Waals surface area (Å²) in [6.45, 7) is 6.46. The first-order valence-electron chi connectivity index (χ1n) is 5.41. The lowest BCUT2D eigenvalue weighted by Crippen LogP contribution is -2.40. The largest absolute Gasteiger partial charge is 0.366 e. The van der Waals surface area contributed by atoms with Gasteiger partial charge in [-0.3, -0.25) is 10.1 Å². The third-order valence-corrected chi connectivity index (χ3v) is 2.61. The van der Waals surface area contributed by atoms with Gasteiger partial charge in [0.15, 0.2) is 0 Å². The maximum absolute atomic E-state index is 11.4. The number of likely N-dealkylation sites (tertiary alicyclic amines) is 1. The van der Waals surface area contributed by atoms with E-state index in [0.717, 1.165) is 32.5 Å². The Morgan fingerprint density at radius 2 is 2.53 bits per heavy atom. The van der Waals surface area contributed by atoms with Crippen LogP contribution in [0.4, 0.5) is 0 Å². The van der Waals surface area contributed by atoms with Crippen molar-refractivity contribution in [1.82, 2.24) is 10.2 Å². The average Bonchev–Trinajstić information content (AvgIpc) is 2.29. The molecule has 1 aliphatic rings. The molecule has 0 saturated carbocycles. The Kier molecular flexibility index (Phi) is 5.36. The Labute approximate surface area is 91.3 Å². The summed E-state index contributed by atoms with van der Waals surface area (Å²) < 4.78 is 5.41. The van der Waals surface area contributed by atoms with Crippen molar-refractivity contribution in [2.24, 2.45) is 5.92 Å². The van der Waals surface area contributed by atoms with Crippen molar-refractivity contribution < 1.29 is 9.53 Å². The number of amides is 1. The van der Waals surface area contributed by atoms with Gasteiger partial charge in [-0.05, 0) is 26.0 Å². The summed E-state index contributed by atoms with van der Waals surface area (Å²) in [5.41, 5.74) is 0. The predicted octanol–water partition coefficient (Wildman–Crippen LogP) is 0.604. The fourth-order valence-corrected chi connectivity index (χ4v) is 1.86. The van der Waals surface area contributed by atoms with Crippen LogP contribution in [0.3, 0.4) is 0 Å². The molecule has 1 atom stereocenters. The average molecular weight is 212 g/mol. The van der Waals surface area contributed by atoms with Crippen LogP contribution in [-0.4, -0.2) is 44.3 Å². The number of nitrogens with one attached hydrogen (secondary N) is 1. The van der Waals surface area contributed by atoms with Crippen LogP contribution in [0.1, 0.15) is 12.8 Å². The Morgan fingerprint density at radius 1 is 1.73 bits per heavy atom. The summed E-state index contributed by atoms with van der Waals surface area (Å²) in [6.07, 6.45) is 3.59. The second-order valence-electron chi connectivity index (χ2n) is 3.87. The van der Waals surface area contributed by atoms with Gasteiger partial charge in [0, 0.05) is 19.0 Å². The number of ether oxygens (including phenoxy) is 1. The molecule has 15 heavy (non-hydrogen) atoms. The van der Waals surface area contributed by atoms with Gasteiger partial charge in [-0.1, -0.05) is 6.58 Å². The zero-order valence-corrected chi connectivity index (χ0v) is 9.37. The second-order valence-corrected chi connectivity index (χ2v) is 3.87. The molecule has 0 radical (unpaired) electrons. The maximum atomic E-state index is 11.4. The van der Waals surface area contributed by atoms with Crippen LogP contribution in [0.5, 0.6) is 0 Å². The van der Waals surface area contributed by atoms with E-state index < -0.39 is 0 Å². The fraction of sp³-hybridized carbons (Fsp3) is 0.727. The van der Waals surface area contributed by atoms with E-state index in [9.17, 15) is 4.79 Å². The molecule has 0 aromatic heterocycles. The third kappa shape index (κ3) is 4.01. The van der Waals surface area contributed by atoms with Crippen LogP contribution in [0.15, 0.2) is 12.7 Å². The molecule has 0 aromatic carbocycles. The smallest absolute Gasteiger partial charge is 0.245 e. The minimum Gasteiger partial charge on any atom is -0.366 e. The summed E-state index contributed by atoms with van der Waals surface area (Å²) in [7, 11) is 1.86. The molecule has 1 heterocycles. The molecular weight excluding hydrogens is 192 g/mol. The van der Waals surface area contributed by atoms with Crippen LogP contribution in [0.2, 0.25) is 0 Å². The first kappa shape index (κ1) is 12.2. The highest BCUT2D eigenvalue weighted by molar-refractivity contribution is 5.87. The highest BCUT2D eigenvalue weighted by Gasteiger charge is 2.21. The molecule has 1 aliphatic heterocycles. The fourth-order valence-electron chi connectivity index (χ4n) is 1.86. The van der Waals surface area contributed by atoms with Crippen molar-refractivity contribution in [3.63, 3.8) is 0 Å². The molecule has 0 spiro atoms. The van der Waals surface area contributed by atoms with E-state index in [2.05, 4.69) is 11.9 Å². The summed E-state index contributed by atoms with van der Waals surface area (Å²) in [5.74, 6) is 0.504. The van der Waals surface area contributed by atoms with E-state index in [4.69, 9.17) is 4.74 Å². The molecule has 1 N–H and O–H groups in total. The number of hydrogen-bond acceptors (Lipinski definition) is 3. The molecule has 0 aromatic rings. The van der Waals surface area contributed by atoms with Gasteiger partial charge in [0.2, 0.25) is 5.91 Å². The first-order chi connectivity index (χ1) is 7.27. The minimum atomic E-state index is 0.0355. The van der Waals surface area contributed by atoms with E-state index in [-0.39, 0.29) is 5.91 Å². The SMILES string of the molecule is C=CC(=O)N1CCC[C@@H](COCNC)C1. The lowest BCUT2D eigenvalue weighted by molar-refractivity contribution is -0.128. The van der Waals surface area contributed by atoms with E-state index in [1.54, 1.807) is 0 Å². The molecule has 1 fully saturated rings. The molecular formula is C11H20N2O2. The molecule has 0 aliphatic carbocycles. The number of hydrogen-bond donors (Lipinski definition) is 1. The molecule has 4 heteroatoms. The summed E-state index contributed by atoms with van der Waals surface area (Å²) >= 11 is 0. The molecule has 86 valence electrons. The lowest BCUT2D eigenvalue weighted by Gasteiger charge is -2.31. The molecule has 0 bridgehead atoms. The highest BCUT2D eigenvalue weighted by atomic mass is 16.5. The Bertz CT molecular complexity index is 219. The summed E-state index contributed by atoms with van der Waals surface area (Å²) in [5, 5.41) is 2.93. The Hall–Kier alpha value is -0.870. The lowest BCUT2D eigenvalue weighted by atomic mass is 9.99. The second kappa shape index (κ2) is 6.58. The van der Waals surface area contributed by atoms with Crippen molar-refractivity contribution in [3.05, 3.63) is 12.7 Å². The minimum absolute atomic E-state index is 0.0355.